The molecule has 0 bridgehead atoms. The number of benzene rings is 2. The summed E-state index contributed by atoms with van der Waals surface area (Å²) in [6.45, 7) is 5.23. The molecular weight excluding hydrogens is 522 g/mol. The lowest BCUT2D eigenvalue weighted by atomic mass is 10.2. The Morgan fingerprint density at radius 1 is 0.969 bits per heavy atom. The van der Waals surface area contributed by atoms with Gasteiger partial charge in [0.05, 0.1) is 6.54 Å². The summed E-state index contributed by atoms with van der Waals surface area (Å²) in [5.41, 5.74) is 9.02. The van der Waals surface area contributed by atoms with E-state index in [4.69, 9.17) is 5.73 Å². The SMILES string of the molecule is I.NC(=NCc1cccc(NC(=O)N2CCCC2)c1)N1CCN(c2ccc(F)cc2)CC1. The Balaban J connectivity index is 0.00000289. The summed E-state index contributed by atoms with van der Waals surface area (Å²) in [5.74, 6) is 0.295. The van der Waals surface area contributed by atoms with Crippen LogP contribution in [0, 0.1) is 5.82 Å². The van der Waals surface area contributed by atoms with Gasteiger partial charge in [-0.05, 0) is 54.8 Å². The summed E-state index contributed by atoms with van der Waals surface area (Å²) in [6.07, 6.45) is 2.14. The fourth-order valence-electron chi connectivity index (χ4n) is 3.99. The minimum absolute atomic E-state index is 0. The van der Waals surface area contributed by atoms with E-state index in [0.717, 1.165) is 69.0 Å². The lowest BCUT2D eigenvalue weighted by Gasteiger charge is -2.36. The second-order valence-corrected chi connectivity index (χ2v) is 7.95. The monoisotopic (exact) mass is 552 g/mol. The van der Waals surface area contributed by atoms with Gasteiger partial charge in [-0.25, -0.2) is 14.2 Å². The lowest BCUT2D eigenvalue weighted by molar-refractivity contribution is 0.222. The summed E-state index contributed by atoms with van der Waals surface area (Å²) in [7, 11) is 0. The van der Waals surface area contributed by atoms with E-state index in [0.29, 0.717) is 12.5 Å². The van der Waals surface area contributed by atoms with Crippen molar-refractivity contribution in [1.29, 1.82) is 0 Å². The fourth-order valence-corrected chi connectivity index (χ4v) is 3.99. The van der Waals surface area contributed by atoms with Gasteiger partial charge in [0.15, 0.2) is 5.96 Å². The standard InChI is InChI=1S/C23H29FN6O.HI/c24-19-6-8-21(9-7-19)28-12-14-29(15-13-28)22(25)26-17-18-4-3-5-20(16-18)27-23(31)30-10-1-2-11-30;/h3-9,16H,1-2,10-15,17H2,(H2,25,26)(H,27,31);1H. The lowest BCUT2D eigenvalue weighted by Crippen LogP contribution is -2.51. The van der Waals surface area contributed by atoms with Crippen LogP contribution in [-0.4, -0.2) is 61.1 Å². The molecule has 2 aromatic rings. The second kappa shape index (κ2) is 11.3. The molecule has 9 heteroatoms. The zero-order valence-electron chi connectivity index (χ0n) is 18.0. The van der Waals surface area contributed by atoms with Crippen LogP contribution in [0.3, 0.4) is 0 Å². The van der Waals surface area contributed by atoms with Crippen molar-refractivity contribution >= 4 is 47.3 Å². The normalized spacial score (nSPS) is 16.7. The van der Waals surface area contributed by atoms with E-state index in [1.165, 1.54) is 12.1 Å². The summed E-state index contributed by atoms with van der Waals surface area (Å²) in [4.78, 5) is 23.0. The first kappa shape index (κ1) is 24.1. The van der Waals surface area contributed by atoms with Crippen molar-refractivity contribution in [2.24, 2.45) is 10.7 Å². The van der Waals surface area contributed by atoms with Crippen molar-refractivity contribution in [3.05, 3.63) is 59.9 Å². The highest BCUT2D eigenvalue weighted by molar-refractivity contribution is 14.0. The minimum atomic E-state index is -0.224. The van der Waals surface area contributed by atoms with Crippen molar-refractivity contribution in [2.75, 3.05) is 49.5 Å². The van der Waals surface area contributed by atoms with Crippen LogP contribution < -0.4 is 16.0 Å². The molecule has 172 valence electrons. The number of rotatable bonds is 4. The molecule has 7 nitrogen and oxygen atoms in total. The number of guanidine groups is 1. The smallest absolute Gasteiger partial charge is 0.321 e. The Hall–Kier alpha value is -2.56. The van der Waals surface area contributed by atoms with Crippen LogP contribution in [0.25, 0.3) is 0 Å². The number of hydrogen-bond donors (Lipinski definition) is 2. The molecule has 2 aliphatic rings. The third kappa shape index (κ3) is 6.24. The molecule has 2 fully saturated rings. The average molecular weight is 552 g/mol. The topological polar surface area (TPSA) is 77.2 Å². The molecule has 0 atom stereocenters. The summed E-state index contributed by atoms with van der Waals surface area (Å²) in [5, 5.41) is 2.97. The number of carbonyl (C=O) groups is 1. The maximum Gasteiger partial charge on any atom is 0.321 e. The number of aliphatic imine (C=N–C) groups is 1. The molecule has 0 aliphatic carbocycles. The maximum atomic E-state index is 13.1. The Bertz CT molecular complexity index is 924. The van der Waals surface area contributed by atoms with Gasteiger partial charge in [0.1, 0.15) is 5.82 Å². The first-order valence-corrected chi connectivity index (χ1v) is 10.8. The molecule has 0 radical (unpaired) electrons. The van der Waals surface area contributed by atoms with Gasteiger partial charge in [-0.1, -0.05) is 12.1 Å². The predicted octanol–water partition coefficient (Wildman–Crippen LogP) is 3.71. The number of amides is 2. The van der Waals surface area contributed by atoms with Crippen LogP contribution in [0.15, 0.2) is 53.5 Å². The number of anilines is 2. The molecule has 3 N–H and O–H groups in total. The average Bonchev–Trinajstić information content (AvgIpc) is 3.34. The van der Waals surface area contributed by atoms with Crippen molar-refractivity contribution < 1.29 is 9.18 Å². The van der Waals surface area contributed by atoms with Gasteiger partial charge in [-0.2, -0.15) is 0 Å². The highest BCUT2D eigenvalue weighted by atomic mass is 127. The molecule has 0 saturated carbocycles. The summed E-state index contributed by atoms with van der Waals surface area (Å²) in [6, 6.07) is 14.3. The van der Waals surface area contributed by atoms with Gasteiger partial charge >= 0.3 is 6.03 Å². The number of halogens is 2. The van der Waals surface area contributed by atoms with E-state index in [1.54, 1.807) is 12.1 Å². The van der Waals surface area contributed by atoms with E-state index in [2.05, 4.69) is 20.1 Å². The van der Waals surface area contributed by atoms with Gasteiger partial charge in [-0.3, -0.25) is 0 Å². The van der Waals surface area contributed by atoms with Crippen LogP contribution in [0.5, 0.6) is 0 Å². The molecule has 2 aliphatic heterocycles. The maximum absolute atomic E-state index is 13.1. The van der Waals surface area contributed by atoms with E-state index < -0.39 is 0 Å². The first-order chi connectivity index (χ1) is 15.1. The van der Waals surface area contributed by atoms with Gasteiger partial charge in [0.25, 0.3) is 0 Å². The number of nitrogens with one attached hydrogen (secondary N) is 1. The van der Waals surface area contributed by atoms with E-state index in [9.17, 15) is 9.18 Å². The molecule has 0 unspecified atom stereocenters. The molecule has 2 saturated heterocycles. The molecule has 0 spiro atoms. The Labute approximate surface area is 205 Å². The van der Waals surface area contributed by atoms with E-state index in [1.807, 2.05) is 29.2 Å². The third-order valence-electron chi connectivity index (χ3n) is 5.79. The molecule has 2 amide bonds. The molecule has 0 aromatic heterocycles. The number of carbonyl (C=O) groups excluding carboxylic acids is 1. The fraction of sp³-hybridized carbons (Fsp3) is 0.391. The van der Waals surface area contributed by atoms with Crippen LogP contribution in [-0.2, 0) is 6.54 Å². The third-order valence-corrected chi connectivity index (χ3v) is 5.79. The van der Waals surface area contributed by atoms with Crippen molar-refractivity contribution in [3.63, 3.8) is 0 Å². The molecule has 32 heavy (non-hydrogen) atoms. The van der Waals surface area contributed by atoms with Crippen LogP contribution >= 0.6 is 24.0 Å². The Kier molecular flexibility index (Phi) is 8.54. The van der Waals surface area contributed by atoms with Crippen molar-refractivity contribution in [2.45, 2.75) is 19.4 Å². The van der Waals surface area contributed by atoms with Crippen LogP contribution in [0.1, 0.15) is 18.4 Å². The zero-order chi connectivity index (χ0) is 21.6. The first-order valence-electron chi connectivity index (χ1n) is 10.8. The number of urea groups is 1. The van der Waals surface area contributed by atoms with Gasteiger partial charge in [0.2, 0.25) is 0 Å². The quantitative estimate of drug-likeness (QED) is 0.345. The number of piperazine rings is 1. The molecule has 4 rings (SSSR count). The van der Waals surface area contributed by atoms with E-state index in [-0.39, 0.29) is 35.8 Å². The van der Waals surface area contributed by atoms with Gasteiger partial charge in [0, 0.05) is 50.6 Å². The minimum Gasteiger partial charge on any atom is -0.370 e. The molecule has 2 aromatic carbocycles. The highest BCUT2D eigenvalue weighted by Gasteiger charge is 2.19. The number of likely N-dealkylation sites (tertiary alicyclic amines) is 1. The van der Waals surface area contributed by atoms with Crippen molar-refractivity contribution in [3.8, 4) is 0 Å². The number of nitrogens with zero attached hydrogens (tertiary/aromatic N) is 4. The number of hydrogen-bond acceptors (Lipinski definition) is 3. The molecular formula is C23H30FIN6O. The van der Waals surface area contributed by atoms with Crippen LogP contribution in [0.2, 0.25) is 0 Å². The highest BCUT2D eigenvalue weighted by Crippen LogP contribution is 2.18. The predicted molar refractivity (Wildman–Crippen MR) is 137 cm³/mol. The Morgan fingerprint density at radius 2 is 1.66 bits per heavy atom. The van der Waals surface area contributed by atoms with Crippen molar-refractivity contribution in [1.82, 2.24) is 9.80 Å². The second-order valence-electron chi connectivity index (χ2n) is 7.95. The van der Waals surface area contributed by atoms with Gasteiger partial charge in [-0.15, -0.1) is 24.0 Å². The summed E-state index contributed by atoms with van der Waals surface area (Å²) >= 11 is 0. The largest absolute Gasteiger partial charge is 0.370 e. The van der Waals surface area contributed by atoms with Gasteiger partial charge < -0.3 is 25.8 Å². The van der Waals surface area contributed by atoms with E-state index >= 15 is 0 Å². The summed E-state index contributed by atoms with van der Waals surface area (Å²) < 4.78 is 13.1. The zero-order valence-corrected chi connectivity index (χ0v) is 20.4. The Morgan fingerprint density at radius 3 is 2.34 bits per heavy atom. The van der Waals surface area contributed by atoms with Crippen LogP contribution in [0.4, 0.5) is 20.6 Å². The molecule has 2 heterocycles. The number of nitrogens with two attached hydrogens (primary N) is 1.